The van der Waals surface area contributed by atoms with Crippen LogP contribution in [0.1, 0.15) is 41.2 Å². The third-order valence-corrected chi connectivity index (χ3v) is 4.50. The van der Waals surface area contributed by atoms with Crippen molar-refractivity contribution in [3.63, 3.8) is 0 Å². The van der Waals surface area contributed by atoms with Crippen molar-refractivity contribution in [3.8, 4) is 0 Å². The standard InChI is InChI=1S/C17H15FN4O2/c18-11-5-2-1-4-9(11)15-14-12(6-3-7-13(14)23)21-17-10(16(19)24)8-20-22(15)17/h1-2,4-5,8,15,21H,3,6-7H2,(H2,19,24). The second kappa shape index (κ2) is 5.30. The van der Waals surface area contributed by atoms with Gasteiger partial charge in [-0.2, -0.15) is 5.10 Å². The topological polar surface area (TPSA) is 90.0 Å². The summed E-state index contributed by atoms with van der Waals surface area (Å²) in [5, 5.41) is 7.32. The molecule has 0 saturated heterocycles. The number of primary amides is 1. The Hall–Kier alpha value is -2.96. The predicted molar refractivity (Wildman–Crippen MR) is 84.8 cm³/mol. The molecular formula is C17H15FN4O2. The lowest BCUT2D eigenvalue weighted by Gasteiger charge is -2.33. The number of ketones is 1. The van der Waals surface area contributed by atoms with E-state index in [1.165, 1.54) is 16.9 Å². The van der Waals surface area contributed by atoms with E-state index in [2.05, 4.69) is 10.4 Å². The molecule has 1 aromatic carbocycles. The third kappa shape index (κ3) is 2.05. The molecule has 1 amide bonds. The molecule has 0 fully saturated rings. The molecule has 1 unspecified atom stereocenters. The molecule has 24 heavy (non-hydrogen) atoms. The van der Waals surface area contributed by atoms with Crippen molar-refractivity contribution in [1.29, 1.82) is 0 Å². The largest absolute Gasteiger partial charge is 0.365 e. The smallest absolute Gasteiger partial charge is 0.254 e. The Labute approximate surface area is 137 Å². The van der Waals surface area contributed by atoms with Crippen molar-refractivity contribution < 1.29 is 14.0 Å². The van der Waals surface area contributed by atoms with Crippen LogP contribution in [0.4, 0.5) is 10.2 Å². The SMILES string of the molecule is NC(=O)c1cnn2c1NC1=C(C(=O)CCC1)C2c1ccccc1F. The lowest BCUT2D eigenvalue weighted by molar-refractivity contribution is -0.116. The van der Waals surface area contributed by atoms with Crippen LogP contribution < -0.4 is 11.1 Å². The molecule has 122 valence electrons. The molecule has 0 spiro atoms. The minimum atomic E-state index is -0.696. The van der Waals surface area contributed by atoms with Crippen LogP contribution in [0.5, 0.6) is 0 Å². The maximum Gasteiger partial charge on any atom is 0.254 e. The van der Waals surface area contributed by atoms with Gasteiger partial charge >= 0.3 is 0 Å². The fraction of sp³-hybridized carbons (Fsp3) is 0.235. The average molecular weight is 326 g/mol. The first-order valence-electron chi connectivity index (χ1n) is 7.73. The van der Waals surface area contributed by atoms with Crippen molar-refractivity contribution in [2.24, 2.45) is 5.73 Å². The van der Waals surface area contributed by atoms with Gasteiger partial charge in [-0.1, -0.05) is 18.2 Å². The number of hydrogen-bond acceptors (Lipinski definition) is 4. The Morgan fingerprint density at radius 3 is 2.88 bits per heavy atom. The zero-order chi connectivity index (χ0) is 16.8. The van der Waals surface area contributed by atoms with E-state index >= 15 is 0 Å². The number of nitrogens with one attached hydrogen (secondary N) is 1. The number of nitrogens with two attached hydrogens (primary N) is 1. The summed E-state index contributed by atoms with van der Waals surface area (Å²) in [6.45, 7) is 0. The molecule has 0 radical (unpaired) electrons. The highest BCUT2D eigenvalue weighted by molar-refractivity contribution is 6.02. The highest BCUT2D eigenvalue weighted by atomic mass is 19.1. The molecule has 0 saturated carbocycles. The van der Waals surface area contributed by atoms with E-state index in [4.69, 9.17) is 5.73 Å². The summed E-state index contributed by atoms with van der Waals surface area (Å²) in [7, 11) is 0. The Bertz CT molecular complexity index is 900. The van der Waals surface area contributed by atoms with E-state index in [1.54, 1.807) is 18.2 Å². The van der Waals surface area contributed by atoms with E-state index in [-0.39, 0.29) is 11.3 Å². The van der Waals surface area contributed by atoms with E-state index in [1.807, 2.05) is 0 Å². The Morgan fingerprint density at radius 2 is 2.12 bits per heavy atom. The summed E-state index contributed by atoms with van der Waals surface area (Å²) in [4.78, 5) is 24.2. The van der Waals surface area contributed by atoms with Gasteiger partial charge in [0.15, 0.2) is 5.78 Å². The molecule has 4 rings (SSSR count). The number of halogens is 1. The first-order valence-corrected chi connectivity index (χ1v) is 7.73. The number of Topliss-reactive ketones (excluding diaryl/α,β-unsaturated/α-hetero) is 1. The van der Waals surface area contributed by atoms with Crippen LogP contribution in [0.2, 0.25) is 0 Å². The normalized spacial score (nSPS) is 19.5. The first kappa shape index (κ1) is 14.6. The highest BCUT2D eigenvalue weighted by Gasteiger charge is 2.38. The predicted octanol–water partition coefficient (Wildman–Crippen LogP) is 2.14. The van der Waals surface area contributed by atoms with Crippen molar-refractivity contribution in [2.45, 2.75) is 25.3 Å². The first-order chi connectivity index (χ1) is 11.6. The van der Waals surface area contributed by atoms with E-state index < -0.39 is 17.8 Å². The van der Waals surface area contributed by atoms with E-state index in [0.717, 1.165) is 5.70 Å². The van der Waals surface area contributed by atoms with Gasteiger partial charge in [0.25, 0.3) is 5.91 Å². The van der Waals surface area contributed by atoms with Crippen LogP contribution in [0.3, 0.4) is 0 Å². The molecule has 2 aromatic rings. The van der Waals surface area contributed by atoms with Crippen molar-refractivity contribution in [2.75, 3.05) is 5.32 Å². The number of nitrogens with zero attached hydrogens (tertiary/aromatic N) is 2. The minimum absolute atomic E-state index is 0.0289. The molecular weight excluding hydrogens is 311 g/mol. The lowest BCUT2D eigenvalue weighted by atomic mass is 9.85. The molecule has 1 aliphatic heterocycles. The second-order valence-electron chi connectivity index (χ2n) is 5.93. The van der Waals surface area contributed by atoms with E-state index in [0.29, 0.717) is 36.2 Å². The summed E-state index contributed by atoms with van der Waals surface area (Å²) in [5.41, 5.74) is 7.20. The average Bonchev–Trinajstić information content (AvgIpc) is 2.98. The van der Waals surface area contributed by atoms with Crippen LogP contribution in [-0.4, -0.2) is 21.5 Å². The van der Waals surface area contributed by atoms with Gasteiger partial charge < -0.3 is 11.1 Å². The zero-order valence-corrected chi connectivity index (χ0v) is 12.8. The summed E-state index contributed by atoms with van der Waals surface area (Å²) in [6, 6.07) is 5.59. The Morgan fingerprint density at radius 1 is 1.33 bits per heavy atom. The summed E-state index contributed by atoms with van der Waals surface area (Å²) in [5.74, 6) is -0.665. The third-order valence-electron chi connectivity index (χ3n) is 4.50. The van der Waals surface area contributed by atoms with Crippen molar-refractivity contribution >= 4 is 17.5 Å². The molecule has 1 aliphatic carbocycles. The fourth-order valence-corrected chi connectivity index (χ4v) is 3.42. The summed E-state index contributed by atoms with van der Waals surface area (Å²) >= 11 is 0. The van der Waals surface area contributed by atoms with Crippen LogP contribution in [0.25, 0.3) is 0 Å². The lowest BCUT2D eigenvalue weighted by Crippen LogP contribution is -2.32. The number of carbonyl (C=O) groups is 2. The van der Waals surface area contributed by atoms with Crippen LogP contribution >= 0.6 is 0 Å². The molecule has 2 aliphatic rings. The van der Waals surface area contributed by atoms with Crippen molar-refractivity contribution in [1.82, 2.24) is 9.78 Å². The second-order valence-corrected chi connectivity index (χ2v) is 5.93. The Kier molecular flexibility index (Phi) is 3.23. The monoisotopic (exact) mass is 326 g/mol. The van der Waals surface area contributed by atoms with Gasteiger partial charge in [-0.05, 0) is 18.9 Å². The minimum Gasteiger partial charge on any atom is -0.365 e. The number of fused-ring (bicyclic) bond motifs is 1. The van der Waals surface area contributed by atoms with Gasteiger partial charge in [-0.3, -0.25) is 9.59 Å². The van der Waals surface area contributed by atoms with Gasteiger partial charge in [0.2, 0.25) is 0 Å². The number of benzene rings is 1. The van der Waals surface area contributed by atoms with Gasteiger partial charge in [0, 0.05) is 23.3 Å². The molecule has 2 heterocycles. The number of rotatable bonds is 2. The molecule has 3 N–H and O–H groups in total. The highest BCUT2D eigenvalue weighted by Crippen LogP contribution is 2.41. The van der Waals surface area contributed by atoms with Crippen molar-refractivity contribution in [3.05, 3.63) is 58.7 Å². The quantitative estimate of drug-likeness (QED) is 0.885. The Balaban J connectivity index is 1.98. The maximum atomic E-state index is 14.4. The van der Waals surface area contributed by atoms with Gasteiger partial charge in [0.1, 0.15) is 23.2 Å². The maximum absolute atomic E-state index is 14.4. The number of amides is 1. The molecule has 0 bridgehead atoms. The molecule has 7 heteroatoms. The number of hydrogen-bond donors (Lipinski definition) is 2. The summed E-state index contributed by atoms with van der Waals surface area (Å²) in [6.07, 6.45) is 3.15. The zero-order valence-electron chi connectivity index (χ0n) is 12.8. The number of allylic oxidation sites excluding steroid dienone is 2. The van der Waals surface area contributed by atoms with Crippen LogP contribution in [0.15, 0.2) is 41.7 Å². The van der Waals surface area contributed by atoms with Gasteiger partial charge in [-0.25, -0.2) is 9.07 Å². The van der Waals surface area contributed by atoms with Crippen LogP contribution in [0, 0.1) is 5.82 Å². The number of carbonyl (C=O) groups excluding carboxylic acids is 2. The molecule has 1 aromatic heterocycles. The van der Waals surface area contributed by atoms with E-state index in [9.17, 15) is 14.0 Å². The molecule has 1 atom stereocenters. The van der Waals surface area contributed by atoms with Crippen LogP contribution in [-0.2, 0) is 4.79 Å². The summed E-state index contributed by atoms with van der Waals surface area (Å²) < 4.78 is 15.9. The number of aromatic nitrogens is 2. The molecule has 6 nitrogen and oxygen atoms in total. The van der Waals surface area contributed by atoms with Gasteiger partial charge in [-0.15, -0.1) is 0 Å². The number of anilines is 1. The van der Waals surface area contributed by atoms with Gasteiger partial charge in [0.05, 0.1) is 6.20 Å². The fourth-order valence-electron chi connectivity index (χ4n) is 3.42.